The number of carbonyl (C=O) groups is 1. The molecule has 2 aromatic rings. The second kappa shape index (κ2) is 4.04. The summed E-state index contributed by atoms with van der Waals surface area (Å²) >= 11 is 7.21. The van der Waals surface area contributed by atoms with E-state index < -0.39 is 5.97 Å². The van der Waals surface area contributed by atoms with Crippen LogP contribution in [0.5, 0.6) is 0 Å². The van der Waals surface area contributed by atoms with E-state index in [0.717, 1.165) is 11.1 Å². The summed E-state index contributed by atoms with van der Waals surface area (Å²) in [5, 5.41) is 11.2. The number of rotatable bonds is 2. The molecule has 2 rings (SSSR count). The molecule has 0 bridgehead atoms. The van der Waals surface area contributed by atoms with Crippen LogP contribution in [0.4, 0.5) is 0 Å². The quantitative estimate of drug-likeness (QED) is 0.865. The van der Waals surface area contributed by atoms with Crippen LogP contribution in [0.1, 0.15) is 9.67 Å². The van der Waals surface area contributed by atoms with Gasteiger partial charge in [0, 0.05) is 10.6 Å². The van der Waals surface area contributed by atoms with Crippen molar-refractivity contribution in [3.63, 3.8) is 0 Å². The van der Waals surface area contributed by atoms with Crippen molar-refractivity contribution >= 4 is 28.9 Å². The topological polar surface area (TPSA) is 37.3 Å². The predicted octanol–water partition coefficient (Wildman–Crippen LogP) is 3.77. The molecule has 0 spiro atoms. The van der Waals surface area contributed by atoms with E-state index in [9.17, 15) is 4.79 Å². The Morgan fingerprint density at radius 1 is 1.33 bits per heavy atom. The number of benzene rings is 1. The van der Waals surface area contributed by atoms with Crippen LogP contribution in [0.25, 0.3) is 11.1 Å². The average Bonchev–Trinajstić information content (AvgIpc) is 2.67. The second-order valence-corrected chi connectivity index (χ2v) is 4.30. The molecule has 0 fully saturated rings. The molecule has 1 N–H and O–H groups in total. The molecule has 0 atom stereocenters. The third-order valence-electron chi connectivity index (χ3n) is 2.00. The molecule has 76 valence electrons. The van der Waals surface area contributed by atoms with Gasteiger partial charge in [0.15, 0.2) is 0 Å². The molecule has 0 saturated carbocycles. The van der Waals surface area contributed by atoms with Gasteiger partial charge in [-0.15, -0.1) is 11.3 Å². The lowest BCUT2D eigenvalue weighted by Gasteiger charge is -1.99. The zero-order valence-corrected chi connectivity index (χ0v) is 9.18. The molecule has 0 aliphatic rings. The van der Waals surface area contributed by atoms with Gasteiger partial charge in [-0.1, -0.05) is 29.8 Å². The van der Waals surface area contributed by atoms with Crippen LogP contribution < -0.4 is 0 Å². The summed E-state index contributed by atoms with van der Waals surface area (Å²) in [6.07, 6.45) is 0. The van der Waals surface area contributed by atoms with E-state index in [2.05, 4.69) is 0 Å². The van der Waals surface area contributed by atoms with Crippen molar-refractivity contribution in [2.45, 2.75) is 0 Å². The molecule has 2 nitrogen and oxygen atoms in total. The van der Waals surface area contributed by atoms with Gasteiger partial charge in [0.2, 0.25) is 0 Å². The van der Waals surface area contributed by atoms with Gasteiger partial charge in [0.1, 0.15) is 4.88 Å². The molecule has 1 aromatic heterocycles. The Morgan fingerprint density at radius 3 is 2.67 bits per heavy atom. The van der Waals surface area contributed by atoms with Gasteiger partial charge in [0.25, 0.3) is 0 Å². The fourth-order valence-electron chi connectivity index (χ4n) is 1.28. The predicted molar refractivity (Wildman–Crippen MR) is 61.7 cm³/mol. The number of thiophene rings is 1. The van der Waals surface area contributed by atoms with E-state index in [-0.39, 0.29) is 0 Å². The van der Waals surface area contributed by atoms with Crippen molar-refractivity contribution in [1.82, 2.24) is 0 Å². The maximum Gasteiger partial charge on any atom is 0.345 e. The van der Waals surface area contributed by atoms with Crippen LogP contribution in [0.3, 0.4) is 0 Å². The Balaban J connectivity index is 2.46. The maximum atomic E-state index is 10.7. The summed E-state index contributed by atoms with van der Waals surface area (Å²) < 4.78 is 0. The van der Waals surface area contributed by atoms with Gasteiger partial charge in [-0.25, -0.2) is 4.79 Å². The molecule has 0 aliphatic heterocycles. The van der Waals surface area contributed by atoms with Crippen molar-refractivity contribution in [3.8, 4) is 11.1 Å². The van der Waals surface area contributed by atoms with Gasteiger partial charge in [-0.3, -0.25) is 0 Å². The summed E-state index contributed by atoms with van der Waals surface area (Å²) in [5.41, 5.74) is 1.71. The van der Waals surface area contributed by atoms with Crippen LogP contribution in [-0.4, -0.2) is 11.1 Å². The van der Waals surface area contributed by atoms with Crippen molar-refractivity contribution < 1.29 is 9.90 Å². The summed E-state index contributed by atoms with van der Waals surface area (Å²) in [4.78, 5) is 11.0. The zero-order valence-electron chi connectivity index (χ0n) is 7.61. The van der Waals surface area contributed by atoms with Gasteiger partial charge in [-0.2, -0.15) is 0 Å². The molecule has 15 heavy (non-hydrogen) atoms. The first-order valence-corrected chi connectivity index (χ1v) is 5.51. The zero-order chi connectivity index (χ0) is 10.8. The lowest BCUT2D eigenvalue weighted by atomic mass is 10.1. The van der Waals surface area contributed by atoms with E-state index in [0.29, 0.717) is 9.90 Å². The summed E-state index contributed by atoms with van der Waals surface area (Å²) in [5.74, 6) is -0.904. The number of carboxylic acids is 1. The Bertz CT molecular complexity index is 505. The van der Waals surface area contributed by atoms with Crippen molar-refractivity contribution in [2.75, 3.05) is 0 Å². The summed E-state index contributed by atoms with van der Waals surface area (Å²) in [7, 11) is 0. The highest BCUT2D eigenvalue weighted by Crippen LogP contribution is 2.30. The highest BCUT2D eigenvalue weighted by Gasteiger charge is 2.09. The van der Waals surface area contributed by atoms with Crippen LogP contribution in [-0.2, 0) is 0 Å². The molecule has 0 unspecified atom stereocenters. The van der Waals surface area contributed by atoms with E-state index in [4.69, 9.17) is 16.7 Å². The molecular weight excluding hydrogens is 232 g/mol. The minimum atomic E-state index is -0.904. The minimum Gasteiger partial charge on any atom is -0.477 e. The number of hydrogen-bond acceptors (Lipinski definition) is 2. The number of aromatic carboxylic acids is 1. The van der Waals surface area contributed by atoms with Gasteiger partial charge >= 0.3 is 5.97 Å². The van der Waals surface area contributed by atoms with Gasteiger partial charge < -0.3 is 5.11 Å². The average molecular weight is 239 g/mol. The van der Waals surface area contributed by atoms with Crippen molar-refractivity contribution in [3.05, 3.63) is 45.6 Å². The highest BCUT2D eigenvalue weighted by atomic mass is 35.5. The minimum absolute atomic E-state index is 0.324. The highest BCUT2D eigenvalue weighted by molar-refractivity contribution is 7.12. The van der Waals surface area contributed by atoms with Crippen molar-refractivity contribution in [1.29, 1.82) is 0 Å². The molecule has 1 aromatic carbocycles. The van der Waals surface area contributed by atoms with Crippen LogP contribution in [0.2, 0.25) is 5.02 Å². The fraction of sp³-hybridized carbons (Fsp3) is 0. The van der Waals surface area contributed by atoms with Crippen molar-refractivity contribution in [2.24, 2.45) is 0 Å². The Kier molecular flexibility index (Phi) is 2.75. The summed E-state index contributed by atoms with van der Waals surface area (Å²) in [6, 6.07) is 9.01. The van der Waals surface area contributed by atoms with E-state index in [1.54, 1.807) is 17.5 Å². The van der Waals surface area contributed by atoms with Crippen LogP contribution in [0, 0.1) is 0 Å². The molecule has 4 heteroatoms. The number of carboxylic acid groups (broad SMARTS) is 1. The smallest absolute Gasteiger partial charge is 0.345 e. The third kappa shape index (κ3) is 2.03. The third-order valence-corrected chi connectivity index (χ3v) is 3.24. The second-order valence-electron chi connectivity index (χ2n) is 2.98. The number of hydrogen-bond donors (Lipinski definition) is 1. The Hall–Kier alpha value is -1.32. The van der Waals surface area contributed by atoms with E-state index in [1.165, 1.54) is 11.3 Å². The van der Waals surface area contributed by atoms with E-state index >= 15 is 0 Å². The molecule has 0 aliphatic carbocycles. The molecule has 0 radical (unpaired) electrons. The van der Waals surface area contributed by atoms with Crippen LogP contribution in [0.15, 0.2) is 35.7 Å². The molecular formula is C11H7ClO2S. The standard InChI is InChI=1S/C11H7ClO2S/c12-9-4-2-1-3-8(9)7-5-10(11(13)14)15-6-7/h1-6H,(H,13,14). The Labute approximate surface area is 95.8 Å². The first-order chi connectivity index (χ1) is 7.18. The molecule has 0 amide bonds. The molecule has 1 heterocycles. The number of halogens is 1. The first-order valence-electron chi connectivity index (χ1n) is 4.25. The monoisotopic (exact) mass is 238 g/mol. The molecule has 0 saturated heterocycles. The van der Waals surface area contributed by atoms with E-state index in [1.807, 2.05) is 18.2 Å². The fourth-order valence-corrected chi connectivity index (χ4v) is 2.27. The summed E-state index contributed by atoms with van der Waals surface area (Å²) in [6.45, 7) is 0. The maximum absolute atomic E-state index is 10.7. The first kappa shape index (κ1) is 10.2. The SMILES string of the molecule is O=C(O)c1cc(-c2ccccc2Cl)cs1. The van der Waals surface area contributed by atoms with Gasteiger partial charge in [0.05, 0.1) is 0 Å². The van der Waals surface area contributed by atoms with Crippen LogP contribution >= 0.6 is 22.9 Å². The largest absolute Gasteiger partial charge is 0.477 e. The lowest BCUT2D eigenvalue weighted by Crippen LogP contribution is -1.89. The van der Waals surface area contributed by atoms with Gasteiger partial charge in [-0.05, 0) is 23.1 Å². The lowest BCUT2D eigenvalue weighted by molar-refractivity contribution is 0.0702. The normalized spacial score (nSPS) is 10.2. The Morgan fingerprint density at radius 2 is 2.07 bits per heavy atom.